The Morgan fingerprint density at radius 2 is 1.85 bits per heavy atom. The monoisotopic (exact) mass is 386 g/mol. The Hall–Kier alpha value is -2.45. The average molecular weight is 386 g/mol. The highest BCUT2D eigenvalue weighted by molar-refractivity contribution is 7.95. The molecule has 0 spiro atoms. The zero-order chi connectivity index (χ0) is 18.7. The molecule has 0 bridgehead atoms. The van der Waals surface area contributed by atoms with Gasteiger partial charge in [-0.3, -0.25) is 0 Å². The zero-order valence-corrected chi connectivity index (χ0v) is 15.8. The Bertz CT molecular complexity index is 925. The molecule has 0 N–H and O–H groups in total. The third kappa shape index (κ3) is 3.96. The number of fused-ring (bicyclic) bond motifs is 1. The lowest BCUT2D eigenvalue weighted by Gasteiger charge is -2.31. The maximum Gasteiger partial charge on any atom is 0.258 e. The van der Waals surface area contributed by atoms with Crippen LogP contribution in [0.4, 0.5) is 11.8 Å². The minimum Gasteiger partial charge on any atom is -0.378 e. The number of nitrogens with zero attached hydrogens (tertiary/aromatic N) is 4. The first-order valence-electron chi connectivity index (χ1n) is 9.08. The minimum absolute atomic E-state index is 0.425. The van der Waals surface area contributed by atoms with Gasteiger partial charge in [-0.2, -0.15) is 4.98 Å². The number of aryl methyl sites for hydroxylation is 1. The van der Waals surface area contributed by atoms with E-state index in [1.807, 2.05) is 35.2 Å². The summed E-state index contributed by atoms with van der Waals surface area (Å²) in [6.45, 7) is 3.09. The molecule has 0 aliphatic carbocycles. The molecule has 142 valence electrons. The van der Waals surface area contributed by atoms with E-state index in [4.69, 9.17) is 4.74 Å². The van der Waals surface area contributed by atoms with Crippen molar-refractivity contribution in [2.24, 2.45) is 0 Å². The second-order valence-corrected chi connectivity index (χ2v) is 8.30. The Kier molecular flexibility index (Phi) is 5.09. The molecule has 1 aromatic heterocycles. The van der Waals surface area contributed by atoms with E-state index in [1.165, 1.54) is 9.71 Å². The molecular weight excluding hydrogens is 364 g/mol. The van der Waals surface area contributed by atoms with E-state index < -0.39 is 10.0 Å². The Morgan fingerprint density at radius 1 is 1.07 bits per heavy atom. The molecule has 2 aliphatic rings. The summed E-state index contributed by atoms with van der Waals surface area (Å²) in [5.74, 6) is 1.06. The fourth-order valence-electron chi connectivity index (χ4n) is 3.27. The normalized spacial score (nSPS) is 17.9. The maximum atomic E-state index is 13.0. The van der Waals surface area contributed by atoms with E-state index >= 15 is 0 Å². The van der Waals surface area contributed by atoms with Gasteiger partial charge < -0.3 is 9.64 Å². The van der Waals surface area contributed by atoms with Crippen molar-refractivity contribution < 1.29 is 13.2 Å². The number of hydrogen-bond acceptors (Lipinski definition) is 6. The fraction of sp³-hybridized carbons (Fsp3) is 0.368. The number of ether oxygens (including phenoxy) is 1. The van der Waals surface area contributed by atoms with Crippen molar-refractivity contribution in [3.05, 3.63) is 53.1 Å². The summed E-state index contributed by atoms with van der Waals surface area (Å²) in [5, 5.41) is 1.26. The number of hydrogen-bond donors (Lipinski definition) is 0. The predicted octanol–water partition coefficient (Wildman–Crippen LogP) is 2.07. The predicted molar refractivity (Wildman–Crippen MR) is 105 cm³/mol. The summed E-state index contributed by atoms with van der Waals surface area (Å²) in [4.78, 5) is 11.1. The standard InChI is InChI=1S/C19H22N4O3S/c24-27(25,14-8-16-5-2-1-3-6-16)23-9-4-7-17-15-20-19(21-18(17)23)22-10-12-26-13-11-22/h1-3,5-6,8,14-15H,4,7,9-13H2. The lowest BCUT2D eigenvalue weighted by molar-refractivity contribution is 0.122. The third-order valence-corrected chi connectivity index (χ3v) is 6.16. The van der Waals surface area contributed by atoms with Crippen LogP contribution in [0, 0.1) is 0 Å². The number of benzene rings is 1. The van der Waals surface area contributed by atoms with E-state index in [2.05, 4.69) is 9.97 Å². The molecule has 3 heterocycles. The molecule has 2 aliphatic heterocycles. The molecule has 1 aromatic carbocycles. The van der Waals surface area contributed by atoms with Crippen LogP contribution in [0.25, 0.3) is 6.08 Å². The number of rotatable bonds is 4. The van der Waals surface area contributed by atoms with E-state index in [-0.39, 0.29) is 0 Å². The first kappa shape index (κ1) is 17.9. The number of morpholine rings is 1. The van der Waals surface area contributed by atoms with Gasteiger partial charge in [-0.25, -0.2) is 17.7 Å². The van der Waals surface area contributed by atoms with Gasteiger partial charge in [0.25, 0.3) is 10.0 Å². The first-order valence-corrected chi connectivity index (χ1v) is 10.6. The van der Waals surface area contributed by atoms with Gasteiger partial charge in [-0.1, -0.05) is 30.3 Å². The van der Waals surface area contributed by atoms with Crippen molar-refractivity contribution in [1.82, 2.24) is 9.97 Å². The van der Waals surface area contributed by atoms with Crippen LogP contribution in [0.5, 0.6) is 0 Å². The molecule has 7 nitrogen and oxygen atoms in total. The summed E-state index contributed by atoms with van der Waals surface area (Å²) >= 11 is 0. The van der Waals surface area contributed by atoms with E-state index in [0.29, 0.717) is 44.6 Å². The van der Waals surface area contributed by atoms with Crippen molar-refractivity contribution in [2.45, 2.75) is 12.8 Å². The number of sulfonamides is 1. The highest BCUT2D eigenvalue weighted by Gasteiger charge is 2.28. The van der Waals surface area contributed by atoms with Crippen molar-refractivity contribution in [2.75, 3.05) is 42.1 Å². The molecule has 0 atom stereocenters. The SMILES string of the molecule is O=S(=O)(C=Cc1ccccc1)N1CCCc2cnc(N3CCOCC3)nc21. The van der Waals surface area contributed by atoms with E-state index in [0.717, 1.165) is 24.0 Å². The number of anilines is 2. The molecule has 27 heavy (non-hydrogen) atoms. The molecular formula is C19H22N4O3S. The molecule has 2 aromatic rings. The summed E-state index contributed by atoms with van der Waals surface area (Å²) in [6, 6.07) is 9.40. The number of aromatic nitrogens is 2. The highest BCUT2D eigenvalue weighted by Crippen LogP contribution is 2.29. The van der Waals surface area contributed by atoms with Crippen LogP contribution in [0.1, 0.15) is 17.5 Å². The third-order valence-electron chi connectivity index (χ3n) is 4.71. The van der Waals surface area contributed by atoms with Crippen molar-refractivity contribution in [1.29, 1.82) is 0 Å². The second kappa shape index (κ2) is 7.66. The van der Waals surface area contributed by atoms with Gasteiger partial charge in [0.15, 0.2) is 5.82 Å². The summed E-state index contributed by atoms with van der Waals surface area (Å²) in [6.07, 6.45) is 4.92. The summed E-state index contributed by atoms with van der Waals surface area (Å²) in [5.41, 5.74) is 1.71. The minimum atomic E-state index is -3.62. The van der Waals surface area contributed by atoms with Crippen molar-refractivity contribution in [3.8, 4) is 0 Å². The fourth-order valence-corrected chi connectivity index (χ4v) is 4.52. The van der Waals surface area contributed by atoms with Crippen LogP contribution in [0.3, 0.4) is 0 Å². The maximum absolute atomic E-state index is 13.0. The molecule has 4 rings (SSSR count). The van der Waals surface area contributed by atoms with Gasteiger partial charge in [0, 0.05) is 31.4 Å². The average Bonchev–Trinajstić information content (AvgIpc) is 2.73. The Labute approximate surface area is 159 Å². The topological polar surface area (TPSA) is 75.6 Å². The largest absolute Gasteiger partial charge is 0.378 e. The molecule has 0 radical (unpaired) electrons. The highest BCUT2D eigenvalue weighted by atomic mass is 32.2. The quantitative estimate of drug-likeness (QED) is 0.801. The van der Waals surface area contributed by atoms with Gasteiger partial charge in [0.1, 0.15) is 0 Å². The second-order valence-electron chi connectivity index (χ2n) is 6.55. The molecule has 1 saturated heterocycles. The van der Waals surface area contributed by atoms with Gasteiger partial charge in [-0.05, 0) is 24.5 Å². The Balaban J connectivity index is 1.64. The van der Waals surface area contributed by atoms with E-state index in [9.17, 15) is 8.42 Å². The van der Waals surface area contributed by atoms with Crippen molar-refractivity contribution in [3.63, 3.8) is 0 Å². The van der Waals surface area contributed by atoms with Crippen LogP contribution < -0.4 is 9.21 Å². The first-order chi connectivity index (χ1) is 13.1. The van der Waals surface area contributed by atoms with Crippen LogP contribution in [0.15, 0.2) is 41.9 Å². The van der Waals surface area contributed by atoms with Crippen LogP contribution in [-0.2, 0) is 21.2 Å². The lowest BCUT2D eigenvalue weighted by atomic mass is 10.1. The molecule has 0 amide bonds. The smallest absolute Gasteiger partial charge is 0.258 e. The van der Waals surface area contributed by atoms with Crippen LogP contribution in [-0.4, -0.2) is 51.2 Å². The van der Waals surface area contributed by atoms with Gasteiger partial charge in [-0.15, -0.1) is 0 Å². The summed E-state index contributed by atoms with van der Waals surface area (Å²) < 4.78 is 32.7. The molecule has 8 heteroatoms. The lowest BCUT2D eigenvalue weighted by Crippen LogP contribution is -2.39. The Morgan fingerprint density at radius 3 is 2.63 bits per heavy atom. The van der Waals surface area contributed by atoms with Crippen LogP contribution in [0.2, 0.25) is 0 Å². The summed E-state index contributed by atoms with van der Waals surface area (Å²) in [7, 11) is -3.62. The zero-order valence-electron chi connectivity index (χ0n) is 15.0. The van der Waals surface area contributed by atoms with Gasteiger partial charge >= 0.3 is 0 Å². The van der Waals surface area contributed by atoms with Crippen molar-refractivity contribution >= 4 is 27.9 Å². The van der Waals surface area contributed by atoms with Crippen LogP contribution >= 0.6 is 0 Å². The van der Waals surface area contributed by atoms with Gasteiger partial charge in [0.05, 0.1) is 18.6 Å². The molecule has 0 unspecified atom stereocenters. The molecule has 0 saturated carbocycles. The van der Waals surface area contributed by atoms with Gasteiger partial charge in [0.2, 0.25) is 5.95 Å². The molecule has 1 fully saturated rings. The van der Waals surface area contributed by atoms with E-state index in [1.54, 1.807) is 12.3 Å².